The predicted molar refractivity (Wildman–Crippen MR) is 87.0 cm³/mol. The molecule has 0 spiro atoms. The number of carbonyl (C=O) groups is 1. The number of nitrogens with two attached hydrogens (primary N) is 1. The molecule has 0 saturated heterocycles. The van der Waals surface area contributed by atoms with Crippen LogP contribution in [0.5, 0.6) is 0 Å². The fourth-order valence-corrected chi connectivity index (χ4v) is 2.69. The van der Waals surface area contributed by atoms with E-state index in [0.717, 1.165) is 5.56 Å². The minimum absolute atomic E-state index is 0.165. The minimum atomic E-state index is -3.56. The first-order chi connectivity index (χ1) is 10.3. The van der Waals surface area contributed by atoms with Gasteiger partial charge in [0.1, 0.15) is 0 Å². The van der Waals surface area contributed by atoms with Crippen LogP contribution in [0.15, 0.2) is 48.5 Å². The summed E-state index contributed by atoms with van der Waals surface area (Å²) in [6.45, 7) is 0. The molecule has 0 aliphatic carbocycles. The summed E-state index contributed by atoms with van der Waals surface area (Å²) in [4.78, 5) is 11.9. The second kappa shape index (κ2) is 6.91. The highest BCUT2D eigenvalue weighted by atomic mass is 35.5. The molecule has 0 heterocycles. The van der Waals surface area contributed by atoms with Crippen LogP contribution < -0.4 is 10.5 Å². The average molecular weight is 339 g/mol. The van der Waals surface area contributed by atoms with Gasteiger partial charge in [0.05, 0.1) is 12.2 Å². The number of carbonyl (C=O) groups excluding carboxylic acids is 1. The Labute approximate surface area is 134 Å². The fourth-order valence-electron chi connectivity index (χ4n) is 1.91. The Hall–Kier alpha value is -1.89. The summed E-state index contributed by atoms with van der Waals surface area (Å²) < 4.78 is 22.0. The molecule has 5 nitrogen and oxygen atoms in total. The molecule has 7 heteroatoms. The highest BCUT2D eigenvalue weighted by Crippen LogP contribution is 2.13. The summed E-state index contributed by atoms with van der Waals surface area (Å²) in [6, 6.07) is 13.5. The van der Waals surface area contributed by atoms with Crippen molar-refractivity contribution in [3.63, 3.8) is 0 Å². The molecule has 2 aromatic rings. The van der Waals surface area contributed by atoms with E-state index in [4.69, 9.17) is 16.7 Å². The largest absolute Gasteiger partial charge is 0.326 e. The summed E-state index contributed by atoms with van der Waals surface area (Å²) in [5, 5.41) is 8.34. The van der Waals surface area contributed by atoms with Gasteiger partial charge < -0.3 is 5.32 Å². The monoisotopic (exact) mass is 338 g/mol. The number of amides is 1. The van der Waals surface area contributed by atoms with E-state index in [1.165, 1.54) is 0 Å². The van der Waals surface area contributed by atoms with Gasteiger partial charge in [-0.05, 0) is 35.4 Å². The lowest BCUT2D eigenvalue weighted by atomic mass is 10.1. The highest BCUT2D eigenvalue weighted by molar-refractivity contribution is 7.88. The van der Waals surface area contributed by atoms with Crippen molar-refractivity contribution in [2.24, 2.45) is 5.14 Å². The maximum Gasteiger partial charge on any atom is 0.228 e. The molecular weight excluding hydrogens is 324 g/mol. The number of rotatable bonds is 5. The van der Waals surface area contributed by atoms with Gasteiger partial charge in [-0.25, -0.2) is 13.6 Å². The quantitative estimate of drug-likeness (QED) is 0.876. The van der Waals surface area contributed by atoms with Gasteiger partial charge in [0.15, 0.2) is 0 Å². The molecule has 0 fully saturated rings. The second-order valence-corrected chi connectivity index (χ2v) is 6.91. The summed E-state index contributed by atoms with van der Waals surface area (Å²) >= 11 is 5.79. The number of sulfonamides is 1. The number of hydrogen-bond acceptors (Lipinski definition) is 3. The van der Waals surface area contributed by atoms with Gasteiger partial charge in [-0.15, -0.1) is 0 Å². The van der Waals surface area contributed by atoms with Gasteiger partial charge in [-0.1, -0.05) is 35.9 Å². The maximum atomic E-state index is 11.9. The molecule has 0 bridgehead atoms. The van der Waals surface area contributed by atoms with E-state index in [1.54, 1.807) is 48.5 Å². The molecule has 0 saturated carbocycles. The van der Waals surface area contributed by atoms with Crippen LogP contribution in [0, 0.1) is 0 Å². The van der Waals surface area contributed by atoms with Gasteiger partial charge in [-0.3, -0.25) is 4.79 Å². The van der Waals surface area contributed by atoms with Crippen LogP contribution >= 0.6 is 11.6 Å². The lowest BCUT2D eigenvalue weighted by Gasteiger charge is -2.06. The van der Waals surface area contributed by atoms with Crippen molar-refractivity contribution >= 4 is 33.2 Å². The number of halogens is 1. The molecule has 0 radical (unpaired) electrons. The Morgan fingerprint density at radius 2 is 1.55 bits per heavy atom. The van der Waals surface area contributed by atoms with Crippen molar-refractivity contribution in [3.8, 4) is 0 Å². The number of primary sulfonamides is 1. The normalized spacial score (nSPS) is 11.2. The van der Waals surface area contributed by atoms with Gasteiger partial charge >= 0.3 is 0 Å². The third kappa shape index (κ3) is 5.48. The van der Waals surface area contributed by atoms with E-state index in [2.05, 4.69) is 5.32 Å². The van der Waals surface area contributed by atoms with Crippen molar-refractivity contribution in [1.29, 1.82) is 0 Å². The molecule has 0 aliphatic rings. The third-order valence-corrected chi connectivity index (χ3v) is 3.87. The zero-order valence-corrected chi connectivity index (χ0v) is 13.2. The molecule has 1 amide bonds. The molecular formula is C15H15ClN2O3S. The van der Waals surface area contributed by atoms with Crippen LogP contribution in [0.4, 0.5) is 5.69 Å². The molecule has 0 aliphatic heterocycles. The summed E-state index contributed by atoms with van der Waals surface area (Å²) in [7, 11) is -3.56. The van der Waals surface area contributed by atoms with E-state index >= 15 is 0 Å². The molecule has 22 heavy (non-hydrogen) atoms. The van der Waals surface area contributed by atoms with E-state index in [0.29, 0.717) is 16.3 Å². The Bertz CT molecular complexity index is 756. The summed E-state index contributed by atoms with van der Waals surface area (Å²) in [6.07, 6.45) is 0.232. The Morgan fingerprint density at radius 1 is 1.00 bits per heavy atom. The van der Waals surface area contributed by atoms with Crippen LogP contribution in [0.2, 0.25) is 5.02 Å². The molecule has 2 rings (SSSR count). The van der Waals surface area contributed by atoms with Crippen LogP contribution in [-0.2, 0) is 27.0 Å². The highest BCUT2D eigenvalue weighted by Gasteiger charge is 2.07. The zero-order valence-electron chi connectivity index (χ0n) is 11.6. The van der Waals surface area contributed by atoms with Crippen LogP contribution in [0.1, 0.15) is 11.1 Å². The first-order valence-electron chi connectivity index (χ1n) is 6.45. The van der Waals surface area contributed by atoms with E-state index in [9.17, 15) is 13.2 Å². The maximum absolute atomic E-state index is 11.9. The fraction of sp³-hybridized carbons (Fsp3) is 0.133. The summed E-state index contributed by atoms with van der Waals surface area (Å²) in [5.74, 6) is -0.395. The molecule has 116 valence electrons. The Balaban J connectivity index is 1.95. The number of nitrogens with one attached hydrogen (secondary N) is 1. The molecule has 0 aromatic heterocycles. The van der Waals surface area contributed by atoms with Crippen molar-refractivity contribution < 1.29 is 13.2 Å². The van der Waals surface area contributed by atoms with Crippen LogP contribution in [0.25, 0.3) is 0 Å². The smallest absolute Gasteiger partial charge is 0.228 e. The molecule has 0 unspecified atom stereocenters. The zero-order chi connectivity index (χ0) is 16.2. The lowest BCUT2D eigenvalue weighted by Crippen LogP contribution is -2.15. The first-order valence-corrected chi connectivity index (χ1v) is 8.55. The SMILES string of the molecule is NS(=O)(=O)Cc1ccc(NC(=O)Cc2ccc(Cl)cc2)cc1. The number of benzene rings is 2. The topological polar surface area (TPSA) is 89.3 Å². The van der Waals surface area contributed by atoms with E-state index in [-0.39, 0.29) is 18.1 Å². The standard InChI is InChI=1S/C15H15ClN2O3S/c16-13-5-1-11(2-6-13)9-15(19)18-14-7-3-12(4-8-14)10-22(17,20)21/h1-8H,9-10H2,(H,18,19)(H2,17,20,21). The third-order valence-electron chi connectivity index (χ3n) is 2.88. The second-order valence-electron chi connectivity index (χ2n) is 4.86. The van der Waals surface area contributed by atoms with E-state index < -0.39 is 10.0 Å². The number of hydrogen-bond donors (Lipinski definition) is 2. The Morgan fingerprint density at radius 3 is 2.09 bits per heavy atom. The van der Waals surface area contributed by atoms with Gasteiger partial charge in [-0.2, -0.15) is 0 Å². The van der Waals surface area contributed by atoms with Crippen LogP contribution in [-0.4, -0.2) is 14.3 Å². The van der Waals surface area contributed by atoms with Gasteiger partial charge in [0.2, 0.25) is 15.9 Å². The average Bonchev–Trinajstić information content (AvgIpc) is 2.42. The molecule has 0 atom stereocenters. The van der Waals surface area contributed by atoms with Crippen molar-refractivity contribution in [2.75, 3.05) is 5.32 Å². The van der Waals surface area contributed by atoms with Crippen molar-refractivity contribution in [2.45, 2.75) is 12.2 Å². The molecule has 2 aromatic carbocycles. The van der Waals surface area contributed by atoms with Gasteiger partial charge in [0.25, 0.3) is 0 Å². The van der Waals surface area contributed by atoms with Crippen molar-refractivity contribution in [1.82, 2.24) is 0 Å². The first kappa shape index (κ1) is 16.5. The lowest BCUT2D eigenvalue weighted by molar-refractivity contribution is -0.115. The predicted octanol–water partition coefficient (Wildman–Crippen LogP) is 2.31. The minimum Gasteiger partial charge on any atom is -0.326 e. The Kier molecular flexibility index (Phi) is 5.18. The van der Waals surface area contributed by atoms with Crippen LogP contribution in [0.3, 0.4) is 0 Å². The number of anilines is 1. The van der Waals surface area contributed by atoms with Gasteiger partial charge in [0, 0.05) is 10.7 Å². The molecule has 3 N–H and O–H groups in total. The van der Waals surface area contributed by atoms with E-state index in [1.807, 2.05) is 0 Å². The van der Waals surface area contributed by atoms with Crippen molar-refractivity contribution in [3.05, 3.63) is 64.7 Å². The summed E-state index contributed by atoms with van der Waals surface area (Å²) in [5.41, 5.74) is 2.02.